The van der Waals surface area contributed by atoms with E-state index in [0.29, 0.717) is 18.0 Å². The highest BCUT2D eigenvalue weighted by Crippen LogP contribution is 2.32. The summed E-state index contributed by atoms with van der Waals surface area (Å²) < 4.78 is 5.76. The molecule has 0 heterocycles. The van der Waals surface area contributed by atoms with Crippen LogP contribution in [0.1, 0.15) is 16.7 Å². The lowest BCUT2D eigenvalue weighted by Crippen LogP contribution is -1.94. The molecule has 4 nitrogen and oxygen atoms in total. The predicted octanol–water partition coefficient (Wildman–Crippen LogP) is 6.00. The van der Waals surface area contributed by atoms with Crippen LogP contribution in [0.2, 0.25) is 0 Å². The van der Waals surface area contributed by atoms with E-state index in [0.717, 1.165) is 16.8 Å². The number of azo groups is 1. The molecule has 0 aliphatic heterocycles. The van der Waals surface area contributed by atoms with Crippen molar-refractivity contribution in [1.82, 2.24) is 0 Å². The minimum Gasteiger partial charge on any atom is -0.506 e. The van der Waals surface area contributed by atoms with Gasteiger partial charge in [0.05, 0.1) is 5.69 Å². The van der Waals surface area contributed by atoms with Crippen molar-refractivity contribution in [1.29, 1.82) is 0 Å². The third-order valence-electron chi connectivity index (χ3n) is 3.96. The van der Waals surface area contributed by atoms with Crippen molar-refractivity contribution in [3.05, 3.63) is 83.4 Å². The van der Waals surface area contributed by atoms with Crippen molar-refractivity contribution >= 4 is 11.4 Å². The van der Waals surface area contributed by atoms with Crippen LogP contribution in [0.4, 0.5) is 11.4 Å². The van der Waals surface area contributed by atoms with E-state index in [9.17, 15) is 5.11 Å². The van der Waals surface area contributed by atoms with Crippen LogP contribution >= 0.6 is 0 Å². The van der Waals surface area contributed by atoms with Crippen molar-refractivity contribution in [2.24, 2.45) is 10.2 Å². The number of ether oxygens (including phenoxy) is 1. The SMILES string of the molecule is Cc1ccc(N=Nc2cc(OCc3ccccc3)ccc2O)cc1C. The number of hydrogen-bond acceptors (Lipinski definition) is 4. The Morgan fingerprint density at radius 3 is 2.40 bits per heavy atom. The Morgan fingerprint density at radius 1 is 0.840 bits per heavy atom. The lowest BCUT2D eigenvalue weighted by molar-refractivity contribution is 0.306. The van der Waals surface area contributed by atoms with Gasteiger partial charge in [-0.1, -0.05) is 36.4 Å². The molecule has 0 atom stereocenters. The maximum absolute atomic E-state index is 9.99. The van der Waals surface area contributed by atoms with E-state index in [1.807, 2.05) is 55.5 Å². The van der Waals surface area contributed by atoms with Crippen LogP contribution < -0.4 is 4.74 Å². The number of nitrogens with zero attached hydrogens (tertiary/aromatic N) is 2. The molecule has 25 heavy (non-hydrogen) atoms. The fourth-order valence-corrected chi connectivity index (χ4v) is 2.31. The first-order valence-corrected chi connectivity index (χ1v) is 8.10. The second kappa shape index (κ2) is 7.62. The van der Waals surface area contributed by atoms with Gasteiger partial charge in [0, 0.05) is 6.07 Å². The van der Waals surface area contributed by atoms with E-state index in [1.54, 1.807) is 18.2 Å². The van der Waals surface area contributed by atoms with Gasteiger partial charge in [-0.3, -0.25) is 0 Å². The molecule has 0 radical (unpaired) electrons. The van der Waals surface area contributed by atoms with E-state index in [4.69, 9.17) is 4.74 Å². The molecule has 0 saturated heterocycles. The predicted molar refractivity (Wildman–Crippen MR) is 99.0 cm³/mol. The van der Waals surface area contributed by atoms with Crippen LogP contribution in [0.25, 0.3) is 0 Å². The summed E-state index contributed by atoms with van der Waals surface area (Å²) in [5.41, 5.74) is 4.56. The Labute approximate surface area is 147 Å². The molecule has 0 fully saturated rings. The van der Waals surface area contributed by atoms with E-state index >= 15 is 0 Å². The summed E-state index contributed by atoms with van der Waals surface area (Å²) in [5, 5.41) is 18.4. The van der Waals surface area contributed by atoms with Crippen LogP contribution in [0.3, 0.4) is 0 Å². The van der Waals surface area contributed by atoms with Crippen LogP contribution in [-0.4, -0.2) is 5.11 Å². The van der Waals surface area contributed by atoms with E-state index in [2.05, 4.69) is 17.2 Å². The normalized spacial score (nSPS) is 11.0. The number of aromatic hydroxyl groups is 1. The molecule has 3 aromatic carbocycles. The smallest absolute Gasteiger partial charge is 0.143 e. The number of phenolic OH excluding ortho intramolecular Hbond substituents is 1. The molecule has 4 heteroatoms. The Bertz CT molecular complexity index is 890. The van der Waals surface area contributed by atoms with E-state index in [-0.39, 0.29) is 5.75 Å². The summed E-state index contributed by atoms with van der Waals surface area (Å²) in [7, 11) is 0. The van der Waals surface area contributed by atoms with Crippen molar-refractivity contribution in [2.45, 2.75) is 20.5 Å². The first kappa shape index (κ1) is 16.7. The summed E-state index contributed by atoms with van der Waals surface area (Å²) in [5.74, 6) is 0.704. The van der Waals surface area contributed by atoms with Crippen molar-refractivity contribution in [2.75, 3.05) is 0 Å². The lowest BCUT2D eigenvalue weighted by Gasteiger charge is -2.07. The topological polar surface area (TPSA) is 54.2 Å². The number of benzene rings is 3. The van der Waals surface area contributed by atoms with Gasteiger partial charge in [0.1, 0.15) is 23.8 Å². The van der Waals surface area contributed by atoms with Gasteiger partial charge in [-0.25, -0.2) is 0 Å². The van der Waals surface area contributed by atoms with Gasteiger partial charge in [-0.05, 0) is 54.8 Å². The fourth-order valence-electron chi connectivity index (χ4n) is 2.31. The molecule has 3 rings (SSSR count). The maximum atomic E-state index is 9.99. The molecular weight excluding hydrogens is 312 g/mol. The lowest BCUT2D eigenvalue weighted by atomic mass is 10.1. The molecule has 0 saturated carbocycles. The van der Waals surface area contributed by atoms with Crippen molar-refractivity contribution in [3.8, 4) is 11.5 Å². The molecule has 0 bridgehead atoms. The molecule has 0 aromatic heterocycles. The Morgan fingerprint density at radius 2 is 1.64 bits per heavy atom. The third-order valence-corrected chi connectivity index (χ3v) is 3.96. The molecule has 0 amide bonds. The maximum Gasteiger partial charge on any atom is 0.143 e. The zero-order valence-corrected chi connectivity index (χ0v) is 14.3. The Balaban J connectivity index is 1.74. The summed E-state index contributed by atoms with van der Waals surface area (Å²) in [6.07, 6.45) is 0. The van der Waals surface area contributed by atoms with Crippen LogP contribution in [0.5, 0.6) is 11.5 Å². The number of phenols is 1. The second-order valence-electron chi connectivity index (χ2n) is 5.89. The van der Waals surface area contributed by atoms with Gasteiger partial charge in [0.25, 0.3) is 0 Å². The number of hydrogen-bond donors (Lipinski definition) is 1. The highest BCUT2D eigenvalue weighted by molar-refractivity contribution is 5.55. The summed E-state index contributed by atoms with van der Waals surface area (Å²) >= 11 is 0. The first-order chi connectivity index (χ1) is 12.1. The molecule has 0 aliphatic carbocycles. The summed E-state index contributed by atoms with van der Waals surface area (Å²) in [6.45, 7) is 4.54. The number of aryl methyl sites for hydroxylation is 2. The van der Waals surface area contributed by atoms with Gasteiger partial charge in [-0.15, -0.1) is 5.11 Å². The number of rotatable bonds is 5. The van der Waals surface area contributed by atoms with E-state index in [1.165, 1.54) is 5.56 Å². The zero-order chi connectivity index (χ0) is 17.6. The average Bonchev–Trinajstić information content (AvgIpc) is 2.63. The Kier molecular flexibility index (Phi) is 5.09. The average molecular weight is 332 g/mol. The van der Waals surface area contributed by atoms with Gasteiger partial charge in [-0.2, -0.15) is 5.11 Å². The van der Waals surface area contributed by atoms with Crippen LogP contribution in [0.15, 0.2) is 77.0 Å². The Hall–Kier alpha value is -3.14. The molecule has 0 unspecified atom stereocenters. The molecule has 0 spiro atoms. The quantitative estimate of drug-likeness (QED) is 0.582. The standard InChI is InChI=1S/C21H20N2O2/c1-15-8-9-18(12-16(15)2)22-23-20-13-19(10-11-21(20)24)25-14-17-6-4-3-5-7-17/h3-13,24H,14H2,1-2H3. The highest BCUT2D eigenvalue weighted by atomic mass is 16.5. The highest BCUT2D eigenvalue weighted by Gasteiger charge is 2.04. The van der Waals surface area contributed by atoms with Gasteiger partial charge >= 0.3 is 0 Å². The molecule has 3 aromatic rings. The molecule has 126 valence electrons. The van der Waals surface area contributed by atoms with Crippen LogP contribution in [-0.2, 0) is 6.61 Å². The van der Waals surface area contributed by atoms with Crippen molar-refractivity contribution in [3.63, 3.8) is 0 Å². The van der Waals surface area contributed by atoms with Crippen LogP contribution in [0, 0.1) is 13.8 Å². The van der Waals surface area contributed by atoms with E-state index < -0.39 is 0 Å². The van der Waals surface area contributed by atoms with Gasteiger partial charge < -0.3 is 9.84 Å². The molecule has 0 aliphatic rings. The monoisotopic (exact) mass is 332 g/mol. The minimum atomic E-state index is 0.0691. The molecule has 1 N–H and O–H groups in total. The van der Waals surface area contributed by atoms with Crippen molar-refractivity contribution < 1.29 is 9.84 Å². The van der Waals surface area contributed by atoms with Gasteiger partial charge in [0.15, 0.2) is 0 Å². The first-order valence-electron chi connectivity index (χ1n) is 8.10. The fraction of sp³-hybridized carbons (Fsp3) is 0.143. The zero-order valence-electron chi connectivity index (χ0n) is 14.3. The third kappa shape index (κ3) is 4.44. The largest absolute Gasteiger partial charge is 0.506 e. The van der Waals surface area contributed by atoms with Gasteiger partial charge in [0.2, 0.25) is 0 Å². The second-order valence-corrected chi connectivity index (χ2v) is 5.89. The molecular formula is C21H20N2O2. The minimum absolute atomic E-state index is 0.0691. The summed E-state index contributed by atoms with van der Waals surface area (Å²) in [6, 6.07) is 20.7. The summed E-state index contributed by atoms with van der Waals surface area (Å²) in [4.78, 5) is 0.